The van der Waals surface area contributed by atoms with Crippen LogP contribution in [0.25, 0.3) is 0 Å². The molecule has 0 radical (unpaired) electrons. The minimum Gasteiger partial charge on any atom is -0.550 e. The van der Waals surface area contributed by atoms with Gasteiger partial charge in [-0.3, -0.25) is 4.79 Å². The van der Waals surface area contributed by atoms with E-state index in [1.54, 1.807) is 23.7 Å². The normalized spacial score (nSPS) is 22.1. The third-order valence-corrected chi connectivity index (χ3v) is 4.19. The second kappa shape index (κ2) is 7.43. The molecule has 0 bridgehead atoms. The zero-order chi connectivity index (χ0) is 14.0. The third kappa shape index (κ3) is 3.96. The smallest absolute Gasteiger partial charge is 0.550 e. The van der Waals surface area contributed by atoms with Crippen LogP contribution in [0.5, 0.6) is 0 Å². The Bertz CT molecular complexity index is 487. The van der Waals surface area contributed by atoms with Crippen molar-refractivity contribution in [2.75, 3.05) is 0 Å². The molecule has 20 heavy (non-hydrogen) atoms. The molecule has 1 heterocycles. The number of carboxylic acids is 1. The number of carbonyl (C=O) groups is 2. The Labute approximate surface area is 141 Å². The molecule has 1 aliphatic rings. The second-order valence-corrected chi connectivity index (χ2v) is 5.64. The van der Waals surface area contributed by atoms with Gasteiger partial charge < -0.3 is 14.5 Å². The summed E-state index contributed by atoms with van der Waals surface area (Å²) < 4.78 is 1.69. The molecule has 0 atom stereocenters. The number of nitrogens with zero attached hydrogens (tertiary/aromatic N) is 1. The van der Waals surface area contributed by atoms with Gasteiger partial charge >= 0.3 is 29.6 Å². The Morgan fingerprint density at radius 1 is 1.25 bits per heavy atom. The largest absolute Gasteiger partial charge is 1.00 e. The summed E-state index contributed by atoms with van der Waals surface area (Å²) >= 11 is 0. The minimum absolute atomic E-state index is 0. The average Bonchev–Trinajstić information content (AvgIpc) is 2.70. The molecule has 1 fully saturated rings. The third-order valence-electron chi connectivity index (χ3n) is 4.19. The molecule has 2 rings (SSSR count). The predicted octanol–water partition coefficient (Wildman–Crippen LogP) is -1.67. The molecule has 1 aliphatic carbocycles. The second-order valence-electron chi connectivity index (χ2n) is 5.64. The van der Waals surface area contributed by atoms with Crippen LogP contribution in [0.2, 0.25) is 0 Å². The number of aromatic nitrogens is 1. The van der Waals surface area contributed by atoms with E-state index in [-0.39, 0.29) is 47.7 Å². The van der Waals surface area contributed by atoms with Crippen molar-refractivity contribution in [1.82, 2.24) is 4.57 Å². The van der Waals surface area contributed by atoms with Crippen LogP contribution < -0.4 is 34.7 Å². The number of carboxylic acid groups (broad SMARTS) is 1. The summed E-state index contributed by atoms with van der Waals surface area (Å²) in [7, 11) is 1.75. The van der Waals surface area contributed by atoms with Crippen molar-refractivity contribution in [3.8, 4) is 0 Å². The number of aliphatic carboxylic acids is 1. The monoisotopic (exact) mass is 285 g/mol. The van der Waals surface area contributed by atoms with Crippen molar-refractivity contribution in [2.24, 2.45) is 18.9 Å². The summed E-state index contributed by atoms with van der Waals surface area (Å²) in [4.78, 5) is 23.1. The van der Waals surface area contributed by atoms with E-state index < -0.39 is 5.97 Å². The van der Waals surface area contributed by atoms with E-state index >= 15 is 0 Å². The molecule has 0 saturated heterocycles. The van der Waals surface area contributed by atoms with E-state index in [1.807, 2.05) is 0 Å². The van der Waals surface area contributed by atoms with Gasteiger partial charge in [0.25, 0.3) is 0 Å². The molecule has 1 aromatic rings. The first-order chi connectivity index (χ1) is 8.99. The number of rotatable bonds is 4. The molecule has 0 spiro atoms. The first-order valence-corrected chi connectivity index (χ1v) is 6.87. The molecule has 104 valence electrons. The van der Waals surface area contributed by atoms with Gasteiger partial charge in [-0.2, -0.15) is 0 Å². The molecule has 5 heteroatoms. The maximum absolute atomic E-state index is 12.4. The molecular formula is C15H20NNaO3. The van der Waals surface area contributed by atoms with E-state index in [0.29, 0.717) is 17.3 Å². The van der Waals surface area contributed by atoms with Gasteiger partial charge in [-0.15, -0.1) is 0 Å². The molecule has 0 amide bonds. The van der Waals surface area contributed by atoms with Gasteiger partial charge in [0.05, 0.1) is 5.69 Å². The number of carbonyl (C=O) groups excluding carboxylic acids is 2. The van der Waals surface area contributed by atoms with Gasteiger partial charge in [0, 0.05) is 31.0 Å². The summed E-state index contributed by atoms with van der Waals surface area (Å²) in [6, 6.07) is 3.44. The van der Waals surface area contributed by atoms with Crippen LogP contribution in [-0.2, 0) is 18.3 Å². The summed E-state index contributed by atoms with van der Waals surface area (Å²) in [5, 5.41) is 10.6. The Hall–Kier alpha value is -0.580. The van der Waals surface area contributed by atoms with Crippen LogP contribution in [0.1, 0.15) is 48.8 Å². The fourth-order valence-electron chi connectivity index (χ4n) is 2.86. The number of hydrogen-bond donors (Lipinski definition) is 0. The Morgan fingerprint density at radius 2 is 1.85 bits per heavy atom. The Morgan fingerprint density at radius 3 is 2.40 bits per heavy atom. The topological polar surface area (TPSA) is 62.1 Å². The van der Waals surface area contributed by atoms with Crippen molar-refractivity contribution >= 4 is 11.8 Å². The van der Waals surface area contributed by atoms with Crippen LogP contribution in [0.3, 0.4) is 0 Å². The molecule has 4 nitrogen and oxygen atoms in total. The van der Waals surface area contributed by atoms with E-state index in [2.05, 4.69) is 6.92 Å². The average molecular weight is 285 g/mol. The van der Waals surface area contributed by atoms with Crippen molar-refractivity contribution in [3.05, 3.63) is 23.5 Å². The fourth-order valence-corrected chi connectivity index (χ4v) is 2.86. The maximum atomic E-state index is 12.4. The van der Waals surface area contributed by atoms with Crippen molar-refractivity contribution in [1.29, 1.82) is 0 Å². The zero-order valence-corrected chi connectivity index (χ0v) is 14.5. The summed E-state index contributed by atoms with van der Waals surface area (Å²) in [5.41, 5.74) is 1.24. The van der Waals surface area contributed by atoms with Gasteiger partial charge in [0.15, 0.2) is 5.78 Å². The summed E-state index contributed by atoms with van der Waals surface area (Å²) in [6.45, 7) is 2.22. The van der Waals surface area contributed by atoms with Gasteiger partial charge in [0.2, 0.25) is 0 Å². The molecule has 0 aromatic carbocycles. The maximum Gasteiger partial charge on any atom is 1.00 e. The van der Waals surface area contributed by atoms with E-state index in [4.69, 9.17) is 0 Å². The van der Waals surface area contributed by atoms with Gasteiger partial charge in [0.1, 0.15) is 0 Å². The Kier molecular flexibility index (Phi) is 6.49. The molecule has 1 aromatic heterocycles. The van der Waals surface area contributed by atoms with Crippen LogP contribution in [0.4, 0.5) is 0 Å². The van der Waals surface area contributed by atoms with Crippen molar-refractivity contribution in [3.63, 3.8) is 0 Å². The number of hydrogen-bond acceptors (Lipinski definition) is 3. The SMILES string of the molecule is CC1CCC(C(=O)c2ccc(CC(=O)[O-])n2C)CC1.[Na+]. The quantitative estimate of drug-likeness (QED) is 0.491. The van der Waals surface area contributed by atoms with Crippen LogP contribution in [0, 0.1) is 11.8 Å². The minimum atomic E-state index is -1.12. The van der Waals surface area contributed by atoms with E-state index in [9.17, 15) is 14.7 Å². The Balaban J connectivity index is 0.00000200. The number of ketones is 1. The van der Waals surface area contributed by atoms with Crippen LogP contribution in [-0.4, -0.2) is 16.3 Å². The van der Waals surface area contributed by atoms with E-state index in [1.165, 1.54) is 0 Å². The summed E-state index contributed by atoms with van der Waals surface area (Å²) in [6.07, 6.45) is 3.95. The van der Waals surface area contributed by atoms with Crippen molar-refractivity contribution < 1.29 is 44.3 Å². The molecular weight excluding hydrogens is 265 g/mol. The van der Waals surface area contributed by atoms with Gasteiger partial charge in [-0.05, 0) is 30.9 Å². The standard InChI is InChI=1S/C15H21NO3.Na/c1-10-3-5-11(6-4-10)15(19)13-8-7-12(16(13)2)9-14(17)18;/h7-8,10-11H,3-6,9H2,1-2H3,(H,17,18);/q;+1/p-1. The first kappa shape index (κ1) is 17.5. The molecule has 0 N–H and O–H groups in total. The fraction of sp³-hybridized carbons (Fsp3) is 0.600. The predicted molar refractivity (Wildman–Crippen MR) is 69.6 cm³/mol. The van der Waals surface area contributed by atoms with Gasteiger partial charge in [-0.25, -0.2) is 0 Å². The first-order valence-electron chi connectivity index (χ1n) is 6.87. The van der Waals surface area contributed by atoms with E-state index in [0.717, 1.165) is 25.7 Å². The van der Waals surface area contributed by atoms with Gasteiger partial charge in [-0.1, -0.05) is 19.8 Å². The number of Topliss-reactive ketones (excluding diaryl/α,β-unsaturated/α-hetero) is 1. The summed E-state index contributed by atoms with van der Waals surface area (Å²) in [5.74, 6) is -0.155. The molecule has 1 saturated carbocycles. The molecule has 0 aliphatic heterocycles. The van der Waals surface area contributed by atoms with Crippen molar-refractivity contribution in [2.45, 2.75) is 39.0 Å². The zero-order valence-electron chi connectivity index (χ0n) is 12.5. The molecule has 0 unspecified atom stereocenters. The van der Waals surface area contributed by atoms with Crippen LogP contribution >= 0.6 is 0 Å². The van der Waals surface area contributed by atoms with Crippen LogP contribution in [0.15, 0.2) is 12.1 Å².